The Bertz CT molecular complexity index is 2660. The van der Waals surface area contributed by atoms with Crippen molar-refractivity contribution in [2.75, 3.05) is 0 Å². The molecular formula is C39H32Cl4N4O6S4. The quantitative estimate of drug-likeness (QED) is 0.102. The lowest BCUT2D eigenvalue weighted by molar-refractivity contribution is 0.483. The van der Waals surface area contributed by atoms with E-state index in [9.17, 15) is 25.9 Å². The lowest BCUT2D eigenvalue weighted by Gasteiger charge is -2.10. The molecule has 8 rings (SSSR count). The van der Waals surface area contributed by atoms with Crippen LogP contribution in [-0.4, -0.2) is 45.5 Å². The lowest BCUT2D eigenvalue weighted by atomic mass is 10.1. The first-order valence-corrected chi connectivity index (χ1v) is 23.9. The smallest absolute Gasteiger partial charge is 0.281 e. The van der Waals surface area contributed by atoms with Crippen LogP contribution < -0.4 is 0 Å². The summed E-state index contributed by atoms with van der Waals surface area (Å²) in [6.45, 7) is 0. The Morgan fingerprint density at radius 3 is 1.44 bits per heavy atom. The fraction of sp³-hybridized carbons (Fsp3) is 0.231. The highest BCUT2D eigenvalue weighted by Gasteiger charge is 2.30. The van der Waals surface area contributed by atoms with Crippen LogP contribution in [0.25, 0.3) is 44.7 Å². The second-order valence-corrected chi connectivity index (χ2v) is 20.8. The molecule has 18 heteroatoms. The van der Waals surface area contributed by atoms with Crippen molar-refractivity contribution >= 4 is 101 Å². The predicted molar refractivity (Wildman–Crippen MR) is 229 cm³/mol. The molecule has 2 aromatic carbocycles. The molecule has 0 saturated heterocycles. The summed E-state index contributed by atoms with van der Waals surface area (Å²) in [5, 5.41) is 11.7. The third-order valence-electron chi connectivity index (χ3n) is 9.86. The molecule has 0 spiro atoms. The van der Waals surface area contributed by atoms with E-state index in [1.807, 2.05) is 12.2 Å². The monoisotopic (exact) mass is 920 g/mol. The molecule has 0 amide bonds. The molecule has 296 valence electrons. The van der Waals surface area contributed by atoms with Gasteiger partial charge in [0.05, 0.1) is 54.0 Å². The zero-order valence-corrected chi connectivity index (χ0v) is 36.0. The van der Waals surface area contributed by atoms with E-state index in [4.69, 9.17) is 56.6 Å². The van der Waals surface area contributed by atoms with Gasteiger partial charge in [-0.05, 0) is 130 Å². The first kappa shape index (κ1) is 40.5. The van der Waals surface area contributed by atoms with Gasteiger partial charge in [-0.1, -0.05) is 58.6 Å². The summed E-state index contributed by atoms with van der Waals surface area (Å²) in [5.74, 6) is 0. The van der Waals surface area contributed by atoms with E-state index >= 15 is 0 Å². The van der Waals surface area contributed by atoms with Gasteiger partial charge in [-0.15, -0.1) is 22.7 Å². The van der Waals surface area contributed by atoms with Crippen molar-refractivity contribution in [3.05, 3.63) is 114 Å². The summed E-state index contributed by atoms with van der Waals surface area (Å²) >= 11 is 27.8. The van der Waals surface area contributed by atoms with Gasteiger partial charge < -0.3 is 0 Å². The SMILES string of the molecule is O=S(=O)(O)c1cc2c(s1)-c1c(c(/C=C/CCC/C=C/c3nn(-c4ccc(Cl)cc4Cl)c4c3CCCc3cc(S(=O)(=O)O)sc3-4)nn1-c1ccc(Cl)cc1Cl)CCC2. The largest absolute Gasteiger partial charge is 0.304 e. The number of hydrogen-bond acceptors (Lipinski definition) is 8. The van der Waals surface area contributed by atoms with E-state index in [-0.39, 0.29) is 8.42 Å². The zero-order valence-electron chi connectivity index (χ0n) is 29.8. The topological polar surface area (TPSA) is 144 Å². The summed E-state index contributed by atoms with van der Waals surface area (Å²) in [7, 11) is -8.79. The predicted octanol–water partition coefficient (Wildman–Crippen LogP) is 11.5. The van der Waals surface area contributed by atoms with E-state index in [1.54, 1.807) is 57.9 Å². The summed E-state index contributed by atoms with van der Waals surface area (Å²) in [6, 6.07) is 13.4. The van der Waals surface area contributed by atoms with E-state index in [2.05, 4.69) is 12.2 Å². The van der Waals surface area contributed by atoms with Crippen LogP contribution in [0.1, 0.15) is 65.7 Å². The standard InChI is InChI=1S/C39H32Cl4N4O6S4/c40-24-14-16-32(28(42)20-24)46-36-26(10-6-8-22-18-34(54-38(22)36)56(48,49)50)30(44-46)12-4-2-1-3-5-13-31-27-11-7-9-23-19-35(57(51,52)53)55-39(23)37(27)47(45-31)33-17-15-25(41)21-29(33)43/h4-5,12-21H,1-3,6-11H2,(H,48,49,50)(H,51,52,53)/b12-4+,13-5+. The van der Waals surface area contributed by atoms with Gasteiger partial charge in [-0.25, -0.2) is 9.36 Å². The molecule has 57 heavy (non-hydrogen) atoms. The number of thiophene rings is 2. The Balaban J connectivity index is 1.06. The number of hydrogen-bond donors (Lipinski definition) is 2. The lowest BCUT2D eigenvalue weighted by Crippen LogP contribution is -2.00. The number of aromatic nitrogens is 4. The van der Waals surface area contributed by atoms with Crippen LogP contribution in [0.2, 0.25) is 20.1 Å². The maximum atomic E-state index is 12.1. The van der Waals surface area contributed by atoms with Gasteiger partial charge in [0, 0.05) is 21.2 Å². The van der Waals surface area contributed by atoms with E-state index in [1.165, 1.54) is 0 Å². The van der Waals surface area contributed by atoms with Crippen LogP contribution in [0.5, 0.6) is 0 Å². The number of allylic oxidation sites excluding steroid dienone is 2. The molecule has 10 nitrogen and oxygen atoms in total. The third-order valence-corrected chi connectivity index (χ3v) is 15.9. The molecule has 0 bridgehead atoms. The van der Waals surface area contributed by atoms with Gasteiger partial charge in [-0.3, -0.25) is 9.11 Å². The van der Waals surface area contributed by atoms with Gasteiger partial charge in [0.2, 0.25) is 0 Å². The summed E-state index contributed by atoms with van der Waals surface area (Å²) in [6.07, 6.45) is 14.7. The Hall–Kier alpha value is -3.28. The average molecular weight is 923 g/mol. The number of nitrogens with zero attached hydrogens (tertiary/aromatic N) is 4. The Labute approximate surface area is 357 Å². The molecule has 0 saturated carbocycles. The molecule has 2 N–H and O–H groups in total. The highest BCUT2D eigenvalue weighted by Crippen LogP contribution is 2.45. The van der Waals surface area contributed by atoms with Crippen LogP contribution in [0, 0.1) is 0 Å². The summed E-state index contributed by atoms with van der Waals surface area (Å²) in [4.78, 5) is 1.46. The molecule has 0 atom stereocenters. The number of fused-ring (bicyclic) bond motifs is 6. The van der Waals surface area contributed by atoms with Crippen LogP contribution in [0.15, 0.2) is 69.1 Å². The maximum Gasteiger partial charge on any atom is 0.304 e. The first-order valence-electron chi connectivity index (χ1n) is 17.9. The number of benzene rings is 2. The molecule has 0 fully saturated rings. The third kappa shape index (κ3) is 8.19. The minimum absolute atomic E-state index is 0.111. The maximum absolute atomic E-state index is 12.1. The van der Waals surface area contributed by atoms with Crippen molar-refractivity contribution in [1.29, 1.82) is 0 Å². The second kappa shape index (κ2) is 16.1. The molecule has 4 heterocycles. The Morgan fingerprint density at radius 2 is 1.05 bits per heavy atom. The van der Waals surface area contributed by atoms with Gasteiger partial charge in [0.15, 0.2) is 0 Å². The van der Waals surface area contributed by atoms with Crippen molar-refractivity contribution in [3.8, 4) is 32.5 Å². The molecule has 0 radical (unpaired) electrons. The highest BCUT2D eigenvalue weighted by molar-refractivity contribution is 7.88. The van der Waals surface area contributed by atoms with Crippen LogP contribution in [-0.2, 0) is 45.9 Å². The van der Waals surface area contributed by atoms with E-state index in [0.717, 1.165) is 110 Å². The van der Waals surface area contributed by atoms with Crippen LogP contribution in [0.4, 0.5) is 0 Å². The molecular weight excluding hydrogens is 891 g/mol. The minimum atomic E-state index is -4.39. The fourth-order valence-corrected chi connectivity index (χ4v) is 12.2. The second-order valence-electron chi connectivity index (χ2n) is 13.7. The van der Waals surface area contributed by atoms with Crippen molar-refractivity contribution in [2.45, 2.75) is 66.2 Å². The average Bonchev–Trinajstić information content (AvgIpc) is 3.87. The molecule has 4 aromatic heterocycles. The van der Waals surface area contributed by atoms with Crippen LogP contribution >= 0.6 is 69.1 Å². The molecule has 6 aromatic rings. The van der Waals surface area contributed by atoms with Gasteiger partial charge >= 0.3 is 20.2 Å². The van der Waals surface area contributed by atoms with Crippen molar-refractivity contribution in [2.24, 2.45) is 0 Å². The van der Waals surface area contributed by atoms with Crippen molar-refractivity contribution < 1.29 is 25.9 Å². The van der Waals surface area contributed by atoms with E-state index < -0.39 is 20.2 Å². The first-order chi connectivity index (χ1) is 27.2. The van der Waals surface area contributed by atoms with Gasteiger partial charge in [-0.2, -0.15) is 27.0 Å². The fourth-order valence-electron chi connectivity index (χ4n) is 7.30. The number of aryl methyl sites for hydroxylation is 2. The highest BCUT2D eigenvalue weighted by atomic mass is 35.5. The van der Waals surface area contributed by atoms with Crippen molar-refractivity contribution in [3.63, 3.8) is 0 Å². The van der Waals surface area contributed by atoms with Crippen LogP contribution in [0.3, 0.4) is 0 Å². The summed E-state index contributed by atoms with van der Waals surface area (Å²) < 4.78 is 71.4. The molecule has 0 aliphatic heterocycles. The molecule has 0 unspecified atom stereocenters. The normalized spacial score (nSPS) is 14.4. The number of halogens is 4. The Morgan fingerprint density at radius 1 is 0.632 bits per heavy atom. The summed E-state index contributed by atoms with van der Waals surface area (Å²) in [5.41, 5.74) is 7.79. The number of unbranched alkanes of at least 4 members (excludes halogenated alkanes) is 2. The van der Waals surface area contributed by atoms with Crippen molar-refractivity contribution in [1.82, 2.24) is 19.6 Å². The number of rotatable bonds is 10. The van der Waals surface area contributed by atoms with Gasteiger partial charge in [0.1, 0.15) is 8.42 Å². The van der Waals surface area contributed by atoms with Gasteiger partial charge in [0.25, 0.3) is 0 Å². The molecule has 2 aliphatic carbocycles. The zero-order chi connectivity index (χ0) is 40.2. The molecule has 2 aliphatic rings. The van der Waals surface area contributed by atoms with E-state index in [0.29, 0.717) is 57.1 Å². The Kier molecular flexibility index (Phi) is 11.4. The minimum Gasteiger partial charge on any atom is -0.281 e.